The highest BCUT2D eigenvalue weighted by atomic mass is 28.3. The van der Waals surface area contributed by atoms with Gasteiger partial charge in [-0.2, -0.15) is 0 Å². The molecule has 0 fully saturated rings. The van der Waals surface area contributed by atoms with Crippen LogP contribution in [0.25, 0.3) is 4.98 Å². The first-order valence-electron chi connectivity index (χ1n) is 10.1. The number of rotatable bonds is 6. The molecule has 1 atom stereocenters. The molecular formula is C22H39N2OSi+. The number of nitrogens with zero attached hydrogens (tertiary/aromatic N) is 2. The number of hydrogen-bond acceptors (Lipinski definition) is 2. The molecule has 0 amide bonds. The van der Waals surface area contributed by atoms with E-state index in [4.69, 9.17) is 0 Å². The van der Waals surface area contributed by atoms with Gasteiger partial charge in [0.25, 0.3) is 0 Å². The van der Waals surface area contributed by atoms with E-state index in [1.165, 1.54) is 5.57 Å². The van der Waals surface area contributed by atoms with Crippen molar-refractivity contribution in [3.8, 4) is 0 Å². The van der Waals surface area contributed by atoms with Crippen molar-refractivity contribution in [2.24, 2.45) is 11.3 Å². The van der Waals surface area contributed by atoms with Crippen molar-refractivity contribution < 1.29 is 5.11 Å². The zero-order chi connectivity index (χ0) is 20.3. The van der Waals surface area contributed by atoms with E-state index in [2.05, 4.69) is 79.4 Å². The van der Waals surface area contributed by atoms with Gasteiger partial charge in [-0.25, -0.2) is 0 Å². The maximum absolute atomic E-state index is 10.9. The van der Waals surface area contributed by atoms with Crippen molar-refractivity contribution in [2.75, 3.05) is 0 Å². The van der Waals surface area contributed by atoms with Gasteiger partial charge in [-0.15, -0.1) is 0 Å². The van der Waals surface area contributed by atoms with Crippen molar-refractivity contribution in [1.29, 1.82) is 5.39 Å². The van der Waals surface area contributed by atoms with Gasteiger partial charge in [0.05, 0.1) is 0 Å². The van der Waals surface area contributed by atoms with E-state index in [-0.39, 0.29) is 11.2 Å². The van der Waals surface area contributed by atoms with E-state index in [9.17, 15) is 10.5 Å². The molecule has 0 aliphatic heterocycles. The molecule has 1 N–H and O–H groups in total. The van der Waals surface area contributed by atoms with E-state index >= 15 is 0 Å². The van der Waals surface area contributed by atoms with Crippen molar-refractivity contribution in [1.82, 2.24) is 0 Å². The lowest BCUT2D eigenvalue weighted by atomic mass is 9.68. The number of aliphatic hydroxyl groups excluding tert-OH is 1. The highest BCUT2D eigenvalue weighted by Crippen LogP contribution is 2.48. The summed E-state index contributed by atoms with van der Waals surface area (Å²) in [6, 6.07) is 0. The fourth-order valence-corrected chi connectivity index (χ4v) is 11.8. The van der Waals surface area contributed by atoms with Gasteiger partial charge in [0.15, 0.2) is 10.7 Å². The van der Waals surface area contributed by atoms with Gasteiger partial charge in [-0.05, 0) is 47.9 Å². The first-order valence-corrected chi connectivity index (χ1v) is 12.3. The smallest absolute Gasteiger partial charge is 0.367 e. The molecule has 0 aromatic rings. The standard InChI is InChI=1S/C22H38N2OSi/c1-15(2)26(16(3)4,17(5)6)21(24-23)20(25)13-12-19-18(7)11-10-14-22(19,8)9/h11-13,15-17,19H,10,14H2,1-9H3/p+1/b13-12+,21-20-. The minimum Gasteiger partial charge on any atom is -0.502 e. The predicted molar refractivity (Wildman–Crippen MR) is 115 cm³/mol. The Labute approximate surface area is 161 Å². The Morgan fingerprint density at radius 1 is 1.19 bits per heavy atom. The molecule has 3 nitrogen and oxygen atoms in total. The lowest BCUT2D eigenvalue weighted by molar-refractivity contribution is 0.255. The van der Waals surface area contributed by atoms with E-state index in [0.717, 1.165) is 12.8 Å². The highest BCUT2D eigenvalue weighted by Gasteiger charge is 2.56. The Bertz CT molecular complexity index is 611. The van der Waals surface area contributed by atoms with Crippen molar-refractivity contribution in [2.45, 2.75) is 91.8 Å². The maximum atomic E-state index is 10.9. The summed E-state index contributed by atoms with van der Waals surface area (Å²) in [6.45, 7) is 19.9. The van der Waals surface area contributed by atoms with Gasteiger partial charge in [0, 0.05) is 5.92 Å². The largest absolute Gasteiger partial charge is 0.502 e. The fraction of sp³-hybridized carbons (Fsp3) is 0.727. The minimum absolute atomic E-state index is 0.143. The summed E-state index contributed by atoms with van der Waals surface area (Å²) in [5.74, 6) is 0.441. The van der Waals surface area contributed by atoms with Crippen molar-refractivity contribution in [3.05, 3.63) is 39.9 Å². The van der Waals surface area contributed by atoms with Crippen LogP contribution in [-0.4, -0.2) is 13.2 Å². The molecule has 0 radical (unpaired) electrons. The van der Waals surface area contributed by atoms with Crippen LogP contribution in [0.5, 0.6) is 0 Å². The Kier molecular flexibility index (Phi) is 7.48. The van der Waals surface area contributed by atoms with Crippen LogP contribution in [0.15, 0.2) is 34.9 Å². The van der Waals surface area contributed by atoms with E-state index in [1.807, 2.05) is 0 Å². The van der Waals surface area contributed by atoms with E-state index < -0.39 is 8.07 Å². The summed E-state index contributed by atoms with van der Waals surface area (Å²) in [4.78, 5) is 3.67. The Balaban J connectivity index is 3.45. The molecule has 0 aromatic carbocycles. The number of aliphatic hydroxyl groups is 1. The van der Waals surface area contributed by atoms with Crippen LogP contribution in [0.1, 0.15) is 75.2 Å². The van der Waals surface area contributed by atoms with Crippen LogP contribution >= 0.6 is 0 Å². The van der Waals surface area contributed by atoms with Crippen LogP contribution in [0.2, 0.25) is 16.6 Å². The molecule has 146 valence electrons. The van der Waals surface area contributed by atoms with Crippen LogP contribution in [0, 0.1) is 16.7 Å². The monoisotopic (exact) mass is 375 g/mol. The summed E-state index contributed by atoms with van der Waals surface area (Å²) >= 11 is 0. The topological polar surface area (TPSA) is 48.4 Å². The average Bonchev–Trinajstić information content (AvgIpc) is 2.49. The quantitative estimate of drug-likeness (QED) is 0.169. The summed E-state index contributed by atoms with van der Waals surface area (Å²) in [5, 5.41) is 21.3. The number of hydrogen-bond donors (Lipinski definition) is 1. The third kappa shape index (κ3) is 4.14. The molecule has 1 unspecified atom stereocenters. The fourth-order valence-electron chi connectivity index (χ4n) is 5.43. The number of diazo groups is 1. The molecule has 0 saturated heterocycles. The molecule has 0 bridgehead atoms. The molecule has 1 rings (SSSR count). The summed E-state index contributed by atoms with van der Waals surface area (Å²) in [7, 11) is -2.21. The zero-order valence-electron chi connectivity index (χ0n) is 18.3. The van der Waals surface area contributed by atoms with Crippen molar-refractivity contribution in [3.63, 3.8) is 0 Å². The summed E-state index contributed by atoms with van der Waals surface area (Å²) in [5.41, 5.74) is 2.65. The van der Waals surface area contributed by atoms with Crippen LogP contribution in [0.3, 0.4) is 0 Å². The Hall–Kier alpha value is -1.34. The Morgan fingerprint density at radius 2 is 1.69 bits per heavy atom. The van der Waals surface area contributed by atoms with Gasteiger partial charge in [-0.3, -0.25) is 0 Å². The molecule has 4 heteroatoms. The highest BCUT2D eigenvalue weighted by molar-refractivity contribution is 6.90. The van der Waals surface area contributed by atoms with Crippen molar-refractivity contribution >= 4 is 8.07 Å². The lowest BCUT2D eigenvalue weighted by Crippen LogP contribution is -2.46. The van der Waals surface area contributed by atoms with Gasteiger partial charge in [-0.1, -0.05) is 73.1 Å². The number of allylic oxidation sites excluding steroid dienone is 4. The second-order valence-corrected chi connectivity index (χ2v) is 15.3. The molecule has 0 aromatic heterocycles. The first kappa shape index (κ1) is 22.7. The predicted octanol–water partition coefficient (Wildman–Crippen LogP) is 7.77. The SMILES string of the molecule is CC1=CCCC(C)(C)C1/C=C/C(O)=C(\[N+]#N)[Si](C(C)C)(C(C)C)C(C)C. The second-order valence-electron chi connectivity index (χ2n) is 9.54. The molecular weight excluding hydrogens is 336 g/mol. The third-order valence-corrected chi connectivity index (χ3v) is 13.6. The molecule has 0 heterocycles. The summed E-state index contributed by atoms with van der Waals surface area (Å²) < 4.78 is 0. The van der Waals surface area contributed by atoms with Gasteiger partial charge in [0.2, 0.25) is 13.5 Å². The normalized spacial score (nSPS) is 22.0. The molecule has 0 saturated carbocycles. The minimum atomic E-state index is -2.21. The van der Waals surface area contributed by atoms with Gasteiger partial charge >= 0.3 is 5.32 Å². The average molecular weight is 376 g/mol. The Morgan fingerprint density at radius 3 is 2.08 bits per heavy atom. The van der Waals surface area contributed by atoms with Crippen LogP contribution in [0.4, 0.5) is 0 Å². The summed E-state index contributed by atoms with van der Waals surface area (Å²) in [6.07, 6.45) is 8.45. The van der Waals surface area contributed by atoms with Gasteiger partial charge < -0.3 is 5.11 Å². The van der Waals surface area contributed by atoms with E-state index in [1.54, 1.807) is 6.08 Å². The van der Waals surface area contributed by atoms with Gasteiger partial charge in [0.1, 0.15) is 0 Å². The van der Waals surface area contributed by atoms with E-state index in [0.29, 0.717) is 27.9 Å². The zero-order valence-corrected chi connectivity index (χ0v) is 19.3. The molecule has 1 aliphatic rings. The van der Waals surface area contributed by atoms with Crippen LogP contribution < -0.4 is 0 Å². The molecule has 1 aliphatic carbocycles. The second kappa shape index (κ2) is 8.56. The lowest BCUT2D eigenvalue weighted by Gasteiger charge is -2.37. The third-order valence-electron chi connectivity index (χ3n) is 6.65. The first-order chi connectivity index (χ1) is 11.9. The molecule has 0 spiro atoms. The molecule has 26 heavy (non-hydrogen) atoms. The van der Waals surface area contributed by atoms with Crippen LogP contribution in [-0.2, 0) is 0 Å². The maximum Gasteiger partial charge on any atom is 0.367 e.